The zero-order valence-electron chi connectivity index (χ0n) is 15.0. The fourth-order valence-corrected chi connectivity index (χ4v) is 3.12. The Labute approximate surface area is 159 Å². The molecule has 2 N–H and O–H groups in total. The maximum absolute atomic E-state index is 12.6. The molecular weight excluding hydrogens is 356 g/mol. The fraction of sp³-hybridized carbons (Fsp3) is 0.100. The van der Waals surface area contributed by atoms with Crippen molar-refractivity contribution in [2.24, 2.45) is 7.05 Å². The summed E-state index contributed by atoms with van der Waals surface area (Å²) < 4.78 is 7.52. The second-order valence-corrected chi connectivity index (χ2v) is 6.49. The van der Waals surface area contributed by atoms with Crippen molar-refractivity contribution < 1.29 is 9.53 Å². The molecule has 0 amide bonds. The van der Waals surface area contributed by atoms with Gasteiger partial charge >= 0.3 is 0 Å². The predicted octanol–water partition coefficient (Wildman–Crippen LogP) is 3.39. The maximum atomic E-state index is 12.6. The maximum Gasteiger partial charge on any atom is 0.223 e. The number of fused-ring (bicyclic) bond motifs is 2. The van der Waals surface area contributed by atoms with Crippen LogP contribution in [0.25, 0.3) is 21.9 Å². The lowest BCUT2D eigenvalue weighted by molar-refractivity contribution is 0.0984. The van der Waals surface area contributed by atoms with E-state index < -0.39 is 0 Å². The van der Waals surface area contributed by atoms with Gasteiger partial charge in [0, 0.05) is 19.5 Å². The quantitative estimate of drug-likeness (QED) is 0.461. The Balaban J connectivity index is 1.49. The third kappa shape index (κ3) is 2.81. The van der Waals surface area contributed by atoms with Gasteiger partial charge in [-0.25, -0.2) is 14.6 Å². The van der Waals surface area contributed by atoms with E-state index >= 15 is 0 Å². The topological polar surface area (TPSA) is 101 Å². The Morgan fingerprint density at radius 2 is 1.86 bits per heavy atom. The third-order valence-corrected chi connectivity index (χ3v) is 4.56. The normalized spacial score (nSPS) is 11.3. The highest BCUT2D eigenvalue weighted by atomic mass is 16.5. The Morgan fingerprint density at radius 3 is 2.61 bits per heavy atom. The van der Waals surface area contributed by atoms with Crippen LogP contribution in [-0.2, 0) is 13.5 Å². The number of ketones is 1. The zero-order valence-corrected chi connectivity index (χ0v) is 15.0. The van der Waals surface area contributed by atoms with Gasteiger partial charge < -0.3 is 4.74 Å². The highest BCUT2D eigenvalue weighted by Crippen LogP contribution is 2.30. The van der Waals surface area contributed by atoms with E-state index in [2.05, 4.69) is 25.3 Å². The third-order valence-electron chi connectivity index (χ3n) is 4.56. The molecule has 0 bridgehead atoms. The molecule has 3 aromatic heterocycles. The second-order valence-electron chi connectivity index (χ2n) is 6.49. The standard InChI is InChI=1S/C20H16N6O2/c1-26-18(7-8-21-26)28-20-13-10-15-16(11-14(13)24-25-20)23-19(22-15)17(27)9-12-5-3-2-4-6-12/h2-8,10-11,24-25H,9H2,1H3. The summed E-state index contributed by atoms with van der Waals surface area (Å²) in [6, 6.07) is 15.1. The largest absolute Gasteiger partial charge is 0.421 e. The van der Waals surface area contributed by atoms with Crippen molar-refractivity contribution in [3.05, 3.63) is 66.1 Å². The summed E-state index contributed by atoms with van der Waals surface area (Å²) in [5, 5.41) is 11.0. The van der Waals surface area contributed by atoms with Crippen LogP contribution >= 0.6 is 0 Å². The number of hydrogen-bond donors (Lipinski definition) is 2. The summed E-state index contributed by atoms with van der Waals surface area (Å²) in [5.74, 6) is 1.26. The average Bonchev–Trinajstić information content (AvgIpc) is 3.40. The molecule has 8 heteroatoms. The van der Waals surface area contributed by atoms with Gasteiger partial charge in [0.15, 0.2) is 5.82 Å². The molecule has 0 aliphatic carbocycles. The number of H-pyrrole nitrogens is 2. The molecule has 0 unspecified atom stereocenters. The number of nitrogens with zero attached hydrogens (tertiary/aromatic N) is 4. The predicted molar refractivity (Wildman–Crippen MR) is 104 cm³/mol. The summed E-state index contributed by atoms with van der Waals surface area (Å²) in [6.07, 6.45) is 1.94. The van der Waals surface area contributed by atoms with Crippen LogP contribution in [0.4, 0.5) is 0 Å². The number of aromatic amines is 2. The minimum Gasteiger partial charge on any atom is -0.421 e. The van der Waals surface area contributed by atoms with E-state index in [0.29, 0.717) is 22.8 Å². The Bertz CT molecular complexity index is 1300. The molecule has 0 fully saturated rings. The molecule has 0 spiro atoms. The number of nitrogens with one attached hydrogen (secondary N) is 2. The van der Waals surface area contributed by atoms with Gasteiger partial charge in [0.05, 0.1) is 28.1 Å². The monoisotopic (exact) mass is 372 g/mol. The fourth-order valence-electron chi connectivity index (χ4n) is 3.12. The van der Waals surface area contributed by atoms with E-state index in [1.807, 2.05) is 42.5 Å². The van der Waals surface area contributed by atoms with E-state index in [1.54, 1.807) is 24.0 Å². The highest BCUT2D eigenvalue weighted by molar-refractivity contribution is 6.00. The molecule has 0 atom stereocenters. The molecule has 0 aliphatic heterocycles. The van der Waals surface area contributed by atoms with Gasteiger partial charge in [0.25, 0.3) is 0 Å². The zero-order chi connectivity index (χ0) is 19.1. The number of carbonyl (C=O) groups excluding carboxylic acids is 1. The summed E-state index contributed by atoms with van der Waals surface area (Å²) in [5.41, 5.74) is 3.06. The molecule has 5 aromatic rings. The van der Waals surface area contributed by atoms with E-state index in [-0.39, 0.29) is 18.0 Å². The molecule has 3 heterocycles. The van der Waals surface area contributed by atoms with Crippen LogP contribution in [-0.4, -0.2) is 35.7 Å². The molecule has 28 heavy (non-hydrogen) atoms. The Kier molecular flexibility index (Phi) is 3.68. The molecule has 5 rings (SSSR count). The first-order chi connectivity index (χ1) is 13.7. The van der Waals surface area contributed by atoms with Crippen LogP contribution in [0, 0.1) is 0 Å². The number of benzene rings is 2. The molecule has 138 valence electrons. The molecule has 0 saturated carbocycles. The minimum absolute atomic E-state index is 0.107. The smallest absolute Gasteiger partial charge is 0.223 e. The number of imidazole rings is 1. The molecule has 8 nitrogen and oxygen atoms in total. The molecular formula is C20H16N6O2. The molecule has 2 aromatic carbocycles. The summed E-state index contributed by atoms with van der Waals surface area (Å²) in [7, 11) is 1.80. The van der Waals surface area contributed by atoms with Crippen LogP contribution in [0.2, 0.25) is 0 Å². The van der Waals surface area contributed by atoms with Crippen molar-refractivity contribution in [1.82, 2.24) is 29.9 Å². The van der Waals surface area contributed by atoms with Crippen molar-refractivity contribution in [3.8, 4) is 11.8 Å². The first-order valence-corrected chi connectivity index (χ1v) is 8.78. The van der Waals surface area contributed by atoms with Crippen molar-refractivity contribution in [2.75, 3.05) is 0 Å². The van der Waals surface area contributed by atoms with Gasteiger partial charge in [-0.05, 0) is 17.7 Å². The van der Waals surface area contributed by atoms with Crippen LogP contribution < -0.4 is 4.74 Å². The molecule has 0 radical (unpaired) electrons. The Hall–Kier alpha value is -3.94. The minimum atomic E-state index is -0.107. The SMILES string of the molecule is Cn1nccc1Oc1[nH][nH]c2cc3nc(C(=O)Cc4ccccc4)nc3cc12. The van der Waals surface area contributed by atoms with Crippen LogP contribution in [0.3, 0.4) is 0 Å². The number of aromatic nitrogens is 6. The number of ether oxygens (including phenoxy) is 1. The second kappa shape index (κ2) is 6.34. The molecule has 0 aliphatic rings. The average molecular weight is 372 g/mol. The number of hydrogen-bond acceptors (Lipinski definition) is 5. The summed E-state index contributed by atoms with van der Waals surface area (Å²) in [4.78, 5) is 21.4. The van der Waals surface area contributed by atoms with E-state index in [1.165, 1.54) is 0 Å². The van der Waals surface area contributed by atoms with Gasteiger partial charge in [0.2, 0.25) is 17.5 Å². The van der Waals surface area contributed by atoms with Crippen LogP contribution in [0.1, 0.15) is 16.2 Å². The van der Waals surface area contributed by atoms with Gasteiger partial charge in [-0.15, -0.1) is 0 Å². The van der Waals surface area contributed by atoms with Gasteiger partial charge in [0.1, 0.15) is 0 Å². The first-order valence-electron chi connectivity index (χ1n) is 8.78. The van der Waals surface area contributed by atoms with Crippen molar-refractivity contribution in [3.63, 3.8) is 0 Å². The van der Waals surface area contributed by atoms with E-state index in [9.17, 15) is 4.79 Å². The number of aryl methyl sites for hydroxylation is 1. The van der Waals surface area contributed by atoms with Crippen LogP contribution in [0.15, 0.2) is 54.7 Å². The lowest BCUT2D eigenvalue weighted by Crippen LogP contribution is -2.05. The number of carbonyl (C=O) groups is 1. The Morgan fingerprint density at radius 1 is 1.07 bits per heavy atom. The van der Waals surface area contributed by atoms with Gasteiger partial charge in [-0.2, -0.15) is 5.10 Å². The van der Waals surface area contributed by atoms with Crippen molar-refractivity contribution >= 4 is 27.7 Å². The highest BCUT2D eigenvalue weighted by Gasteiger charge is 2.16. The first kappa shape index (κ1) is 16.2. The van der Waals surface area contributed by atoms with Crippen molar-refractivity contribution in [1.29, 1.82) is 0 Å². The summed E-state index contributed by atoms with van der Waals surface area (Å²) in [6.45, 7) is 0. The number of Topliss-reactive ketones (excluding diaryl/α,β-unsaturated/α-hetero) is 1. The molecule has 0 saturated heterocycles. The lowest BCUT2D eigenvalue weighted by Gasteiger charge is -2.02. The van der Waals surface area contributed by atoms with E-state index in [4.69, 9.17) is 4.74 Å². The number of rotatable bonds is 5. The van der Waals surface area contributed by atoms with Crippen LogP contribution in [0.5, 0.6) is 11.8 Å². The van der Waals surface area contributed by atoms with Gasteiger partial charge in [-0.1, -0.05) is 30.3 Å². The van der Waals surface area contributed by atoms with Crippen molar-refractivity contribution in [2.45, 2.75) is 6.42 Å². The van der Waals surface area contributed by atoms with E-state index in [0.717, 1.165) is 16.5 Å². The summed E-state index contributed by atoms with van der Waals surface area (Å²) >= 11 is 0. The lowest BCUT2D eigenvalue weighted by atomic mass is 10.1. The van der Waals surface area contributed by atoms with Gasteiger partial charge in [-0.3, -0.25) is 15.0 Å².